The monoisotopic (exact) mass is 393 g/mol. The van der Waals surface area contributed by atoms with Gasteiger partial charge in [-0.2, -0.15) is 5.10 Å². The summed E-state index contributed by atoms with van der Waals surface area (Å²) in [6, 6.07) is 11.4. The quantitative estimate of drug-likeness (QED) is 0.692. The summed E-state index contributed by atoms with van der Waals surface area (Å²) < 4.78 is 6.93. The zero-order chi connectivity index (χ0) is 20.1. The van der Waals surface area contributed by atoms with Crippen molar-refractivity contribution >= 4 is 11.8 Å². The van der Waals surface area contributed by atoms with E-state index in [9.17, 15) is 9.59 Å². The number of benzene rings is 1. The lowest BCUT2D eigenvalue weighted by molar-refractivity contribution is -0.126. The van der Waals surface area contributed by atoms with Crippen LogP contribution in [0.15, 0.2) is 59.7 Å². The van der Waals surface area contributed by atoms with Gasteiger partial charge in [-0.3, -0.25) is 9.59 Å². The van der Waals surface area contributed by atoms with Gasteiger partial charge in [-0.15, -0.1) is 0 Å². The van der Waals surface area contributed by atoms with Crippen molar-refractivity contribution in [3.05, 3.63) is 72.2 Å². The largest absolute Gasteiger partial charge is 0.459 e. The van der Waals surface area contributed by atoms with E-state index < -0.39 is 0 Å². The number of nitrogens with one attached hydrogen (secondary N) is 1. The van der Waals surface area contributed by atoms with Gasteiger partial charge < -0.3 is 14.6 Å². The lowest BCUT2D eigenvalue weighted by Crippen LogP contribution is -2.42. The lowest BCUT2D eigenvalue weighted by atomic mass is 9.95. The average Bonchev–Trinajstić information content (AvgIpc) is 3.47. The fraction of sp³-hybridized carbons (Fsp3) is 0.333. The number of nitrogens with zero attached hydrogens (tertiary/aromatic N) is 4. The van der Waals surface area contributed by atoms with Crippen molar-refractivity contribution in [2.24, 2.45) is 5.92 Å². The Kier molecular flexibility index (Phi) is 5.69. The van der Waals surface area contributed by atoms with E-state index in [-0.39, 0.29) is 17.7 Å². The fourth-order valence-corrected chi connectivity index (χ4v) is 3.50. The zero-order valence-electron chi connectivity index (χ0n) is 16.0. The number of aromatic nitrogens is 3. The summed E-state index contributed by atoms with van der Waals surface area (Å²) in [5.41, 5.74) is 2.17. The summed E-state index contributed by atoms with van der Waals surface area (Å²) in [4.78, 5) is 30.5. The summed E-state index contributed by atoms with van der Waals surface area (Å²) in [6.07, 6.45) is 6.02. The number of hydrogen-bond donors (Lipinski definition) is 1. The molecule has 8 nitrogen and oxygen atoms in total. The summed E-state index contributed by atoms with van der Waals surface area (Å²) in [6.45, 7) is 2.29. The van der Waals surface area contributed by atoms with Crippen molar-refractivity contribution in [3.8, 4) is 0 Å². The number of carbonyl (C=O) groups excluding carboxylic acids is 2. The Morgan fingerprint density at radius 2 is 1.86 bits per heavy atom. The molecule has 1 N–H and O–H groups in total. The van der Waals surface area contributed by atoms with Crippen LogP contribution in [0.5, 0.6) is 0 Å². The summed E-state index contributed by atoms with van der Waals surface area (Å²) >= 11 is 0. The van der Waals surface area contributed by atoms with Crippen LogP contribution >= 0.6 is 0 Å². The lowest BCUT2D eigenvalue weighted by Gasteiger charge is -2.30. The smallest absolute Gasteiger partial charge is 0.289 e. The number of furan rings is 1. The van der Waals surface area contributed by atoms with E-state index in [2.05, 4.69) is 15.4 Å². The molecule has 0 saturated carbocycles. The molecule has 0 spiro atoms. The van der Waals surface area contributed by atoms with Crippen molar-refractivity contribution in [3.63, 3.8) is 0 Å². The van der Waals surface area contributed by atoms with Crippen LogP contribution in [0.25, 0.3) is 0 Å². The third-order valence-electron chi connectivity index (χ3n) is 5.19. The van der Waals surface area contributed by atoms with E-state index in [0.29, 0.717) is 44.8 Å². The van der Waals surface area contributed by atoms with E-state index in [1.807, 2.05) is 24.3 Å². The molecule has 4 rings (SSSR count). The van der Waals surface area contributed by atoms with Gasteiger partial charge in [-0.25, -0.2) is 9.67 Å². The molecule has 29 heavy (non-hydrogen) atoms. The minimum atomic E-state index is -0.111. The highest BCUT2D eigenvalue weighted by Gasteiger charge is 2.28. The maximum absolute atomic E-state index is 12.5. The van der Waals surface area contributed by atoms with E-state index in [1.54, 1.807) is 28.0 Å². The topological polar surface area (TPSA) is 93.3 Å². The normalized spacial score (nSPS) is 14.7. The summed E-state index contributed by atoms with van der Waals surface area (Å²) in [5, 5.41) is 7.11. The predicted molar refractivity (Wildman–Crippen MR) is 105 cm³/mol. The van der Waals surface area contributed by atoms with Gasteiger partial charge in [0.15, 0.2) is 5.76 Å². The number of amides is 2. The molecule has 2 amide bonds. The van der Waals surface area contributed by atoms with Crippen molar-refractivity contribution in [2.45, 2.75) is 25.9 Å². The first-order valence-electron chi connectivity index (χ1n) is 9.70. The molecular formula is C21H23N5O3. The van der Waals surface area contributed by atoms with Crippen molar-refractivity contribution < 1.29 is 14.0 Å². The van der Waals surface area contributed by atoms with Crippen molar-refractivity contribution in [2.75, 3.05) is 13.1 Å². The Morgan fingerprint density at radius 1 is 1.10 bits per heavy atom. The molecule has 8 heteroatoms. The molecular weight excluding hydrogens is 370 g/mol. The van der Waals surface area contributed by atoms with Gasteiger partial charge in [0.25, 0.3) is 5.91 Å². The molecule has 0 unspecified atom stereocenters. The maximum Gasteiger partial charge on any atom is 0.289 e. The molecule has 1 aliphatic heterocycles. The second-order valence-electron chi connectivity index (χ2n) is 7.17. The fourth-order valence-electron chi connectivity index (χ4n) is 3.50. The molecule has 1 saturated heterocycles. The number of rotatable bonds is 6. The van der Waals surface area contributed by atoms with Gasteiger partial charge in [-0.05, 0) is 36.1 Å². The van der Waals surface area contributed by atoms with Crippen LogP contribution < -0.4 is 5.32 Å². The van der Waals surface area contributed by atoms with E-state index in [0.717, 1.165) is 11.1 Å². The highest BCUT2D eigenvalue weighted by molar-refractivity contribution is 5.91. The van der Waals surface area contributed by atoms with Gasteiger partial charge in [-0.1, -0.05) is 24.3 Å². The third-order valence-corrected chi connectivity index (χ3v) is 5.19. The van der Waals surface area contributed by atoms with Crippen LogP contribution in [0.3, 0.4) is 0 Å². The highest BCUT2D eigenvalue weighted by atomic mass is 16.3. The van der Waals surface area contributed by atoms with Crippen LogP contribution in [0.1, 0.15) is 34.5 Å². The molecule has 0 bridgehead atoms. The van der Waals surface area contributed by atoms with Gasteiger partial charge >= 0.3 is 0 Å². The second kappa shape index (κ2) is 8.72. The maximum atomic E-state index is 12.5. The molecule has 3 heterocycles. The summed E-state index contributed by atoms with van der Waals surface area (Å²) in [5.74, 6) is 0.212. The van der Waals surface area contributed by atoms with Gasteiger partial charge in [0, 0.05) is 25.6 Å². The SMILES string of the molecule is O=C(NCc1ccc(Cn2cncn2)cc1)C1CCN(C(=O)c2ccco2)CC1. The van der Waals surface area contributed by atoms with E-state index in [1.165, 1.54) is 12.6 Å². The van der Waals surface area contributed by atoms with Gasteiger partial charge in [0.2, 0.25) is 5.91 Å². The van der Waals surface area contributed by atoms with Crippen molar-refractivity contribution in [1.82, 2.24) is 25.0 Å². The number of piperidine rings is 1. The Labute approximate surface area is 168 Å². The number of likely N-dealkylation sites (tertiary alicyclic amines) is 1. The third kappa shape index (κ3) is 4.71. The molecule has 1 aromatic carbocycles. The Bertz CT molecular complexity index is 927. The molecule has 2 aromatic heterocycles. The van der Waals surface area contributed by atoms with Crippen LogP contribution in [0.2, 0.25) is 0 Å². The number of hydrogen-bond acceptors (Lipinski definition) is 5. The molecule has 0 aliphatic carbocycles. The summed E-state index contributed by atoms with van der Waals surface area (Å²) in [7, 11) is 0. The Hall–Kier alpha value is -3.42. The minimum Gasteiger partial charge on any atom is -0.459 e. The molecule has 1 aliphatic rings. The first kappa shape index (κ1) is 18.9. The Morgan fingerprint density at radius 3 is 2.52 bits per heavy atom. The van der Waals surface area contributed by atoms with Crippen LogP contribution in [0, 0.1) is 5.92 Å². The second-order valence-corrected chi connectivity index (χ2v) is 7.17. The first-order valence-corrected chi connectivity index (χ1v) is 9.70. The predicted octanol–water partition coefficient (Wildman–Crippen LogP) is 2.09. The van der Waals surface area contributed by atoms with Crippen LogP contribution in [0.4, 0.5) is 0 Å². The Balaban J connectivity index is 1.22. The molecule has 0 radical (unpaired) electrons. The van der Waals surface area contributed by atoms with Crippen LogP contribution in [-0.4, -0.2) is 44.6 Å². The first-order chi connectivity index (χ1) is 14.2. The van der Waals surface area contributed by atoms with Gasteiger partial charge in [0.05, 0.1) is 12.8 Å². The van der Waals surface area contributed by atoms with Crippen LogP contribution in [-0.2, 0) is 17.9 Å². The van der Waals surface area contributed by atoms with E-state index in [4.69, 9.17) is 4.42 Å². The standard InChI is InChI=1S/C21H23N5O3/c27-20(18-7-9-25(10-8-18)21(28)19-2-1-11-29-19)23-12-16-3-5-17(6-4-16)13-26-15-22-14-24-26/h1-6,11,14-15,18H,7-10,12-13H2,(H,23,27). The average molecular weight is 393 g/mol. The van der Waals surface area contributed by atoms with Crippen molar-refractivity contribution in [1.29, 1.82) is 0 Å². The highest BCUT2D eigenvalue weighted by Crippen LogP contribution is 2.19. The molecule has 0 atom stereocenters. The molecule has 150 valence electrons. The van der Waals surface area contributed by atoms with Gasteiger partial charge in [0.1, 0.15) is 12.7 Å². The molecule has 3 aromatic rings. The number of carbonyl (C=O) groups is 2. The zero-order valence-corrected chi connectivity index (χ0v) is 16.0. The van der Waals surface area contributed by atoms with E-state index >= 15 is 0 Å². The minimum absolute atomic E-state index is 0.0433. The molecule has 1 fully saturated rings.